The molecule has 1 rings (SSSR count). The van der Waals surface area contributed by atoms with Gasteiger partial charge in [-0.25, -0.2) is 0 Å². The van der Waals surface area contributed by atoms with Gasteiger partial charge >= 0.3 is 5.97 Å². The molecule has 1 aromatic rings. The summed E-state index contributed by atoms with van der Waals surface area (Å²) in [4.78, 5) is 21.1. The molecular weight excluding hydrogens is 224 g/mol. The number of nitrogens with zero attached hydrogens (tertiary/aromatic N) is 2. The van der Waals surface area contributed by atoms with E-state index in [2.05, 4.69) is 0 Å². The third-order valence-electron chi connectivity index (χ3n) is 2.03. The van der Waals surface area contributed by atoms with E-state index >= 15 is 0 Å². The van der Waals surface area contributed by atoms with Crippen LogP contribution in [-0.2, 0) is 16.0 Å². The number of nitriles is 1. The highest BCUT2D eigenvalue weighted by Crippen LogP contribution is 2.19. The maximum absolute atomic E-state index is 11.2. The second-order valence-electron chi connectivity index (χ2n) is 3.20. The van der Waals surface area contributed by atoms with Gasteiger partial charge in [0, 0.05) is 6.07 Å². The SMILES string of the molecule is CCOC(=O)Cc1ccc([N+](=O)[O-])c(C#N)c1. The molecule has 0 bridgehead atoms. The number of carbonyl (C=O) groups excluding carboxylic acids is 1. The van der Waals surface area contributed by atoms with Crippen molar-refractivity contribution >= 4 is 11.7 Å². The zero-order valence-corrected chi connectivity index (χ0v) is 9.17. The van der Waals surface area contributed by atoms with Crippen LogP contribution in [0.4, 0.5) is 5.69 Å². The zero-order valence-electron chi connectivity index (χ0n) is 9.17. The van der Waals surface area contributed by atoms with Crippen LogP contribution in [0.25, 0.3) is 0 Å². The molecule has 0 heterocycles. The van der Waals surface area contributed by atoms with E-state index in [-0.39, 0.29) is 24.3 Å². The zero-order chi connectivity index (χ0) is 12.8. The molecule has 0 unspecified atom stereocenters. The first-order valence-corrected chi connectivity index (χ1v) is 4.91. The highest BCUT2D eigenvalue weighted by molar-refractivity contribution is 5.73. The van der Waals surface area contributed by atoms with Gasteiger partial charge in [-0.05, 0) is 18.6 Å². The number of hydrogen-bond acceptors (Lipinski definition) is 5. The lowest BCUT2D eigenvalue weighted by molar-refractivity contribution is -0.385. The average Bonchev–Trinajstić information content (AvgIpc) is 2.28. The van der Waals surface area contributed by atoms with Crippen molar-refractivity contribution in [3.05, 3.63) is 39.4 Å². The lowest BCUT2D eigenvalue weighted by Gasteiger charge is -2.02. The van der Waals surface area contributed by atoms with Crippen molar-refractivity contribution in [3.8, 4) is 6.07 Å². The molecule has 0 radical (unpaired) electrons. The van der Waals surface area contributed by atoms with Crippen molar-refractivity contribution in [1.82, 2.24) is 0 Å². The van der Waals surface area contributed by atoms with Crippen LogP contribution in [-0.4, -0.2) is 17.5 Å². The van der Waals surface area contributed by atoms with Crippen LogP contribution in [0.3, 0.4) is 0 Å². The highest BCUT2D eigenvalue weighted by Gasteiger charge is 2.14. The van der Waals surface area contributed by atoms with Gasteiger partial charge in [0.15, 0.2) is 0 Å². The molecule has 0 aromatic heterocycles. The van der Waals surface area contributed by atoms with Gasteiger partial charge in [-0.15, -0.1) is 0 Å². The van der Waals surface area contributed by atoms with Gasteiger partial charge < -0.3 is 4.74 Å². The maximum atomic E-state index is 11.2. The van der Waals surface area contributed by atoms with E-state index in [1.165, 1.54) is 18.2 Å². The van der Waals surface area contributed by atoms with Crippen molar-refractivity contribution in [2.75, 3.05) is 6.61 Å². The summed E-state index contributed by atoms with van der Waals surface area (Å²) in [5.74, 6) is -0.426. The normalized spacial score (nSPS) is 9.41. The fraction of sp³-hybridized carbons (Fsp3) is 0.273. The minimum Gasteiger partial charge on any atom is -0.466 e. The Hall–Kier alpha value is -2.42. The molecule has 0 aliphatic rings. The molecule has 0 aliphatic carbocycles. The summed E-state index contributed by atoms with van der Waals surface area (Å²) < 4.78 is 4.74. The van der Waals surface area contributed by atoms with Crippen LogP contribution in [0, 0.1) is 21.4 Å². The Morgan fingerprint density at radius 2 is 2.29 bits per heavy atom. The van der Waals surface area contributed by atoms with Crippen LogP contribution in [0.2, 0.25) is 0 Å². The van der Waals surface area contributed by atoms with Crippen LogP contribution in [0.1, 0.15) is 18.1 Å². The van der Waals surface area contributed by atoms with Crippen LogP contribution in [0.5, 0.6) is 0 Å². The number of rotatable bonds is 4. The van der Waals surface area contributed by atoms with Crippen molar-refractivity contribution in [2.24, 2.45) is 0 Å². The fourth-order valence-corrected chi connectivity index (χ4v) is 1.32. The summed E-state index contributed by atoms with van der Waals surface area (Å²) in [5.41, 5.74) is 0.197. The standard InChI is InChI=1S/C11H10N2O4/c1-2-17-11(14)6-8-3-4-10(13(15)16)9(5-8)7-12/h3-5H,2,6H2,1H3. The molecule has 88 valence electrons. The van der Waals surface area contributed by atoms with E-state index < -0.39 is 10.9 Å². The molecule has 0 saturated heterocycles. The van der Waals surface area contributed by atoms with Gasteiger partial charge in [0.25, 0.3) is 5.69 Å². The first-order valence-electron chi connectivity index (χ1n) is 4.91. The van der Waals surface area contributed by atoms with Crippen molar-refractivity contribution in [1.29, 1.82) is 5.26 Å². The Bertz CT molecular complexity index is 491. The summed E-state index contributed by atoms with van der Waals surface area (Å²) in [6.45, 7) is 1.96. The topological polar surface area (TPSA) is 93.2 Å². The number of benzene rings is 1. The van der Waals surface area contributed by atoms with Gasteiger partial charge in [-0.3, -0.25) is 14.9 Å². The largest absolute Gasteiger partial charge is 0.466 e. The first-order chi connectivity index (χ1) is 8.08. The molecule has 6 heteroatoms. The smallest absolute Gasteiger partial charge is 0.310 e. The summed E-state index contributed by atoms with van der Waals surface area (Å²) in [5, 5.41) is 19.3. The number of carbonyl (C=O) groups is 1. The maximum Gasteiger partial charge on any atom is 0.310 e. The van der Waals surface area contributed by atoms with E-state index in [9.17, 15) is 14.9 Å². The second kappa shape index (κ2) is 5.61. The Morgan fingerprint density at radius 1 is 1.59 bits per heavy atom. The predicted octanol–water partition coefficient (Wildman–Crippen LogP) is 1.57. The molecule has 17 heavy (non-hydrogen) atoms. The third-order valence-corrected chi connectivity index (χ3v) is 2.03. The lowest BCUT2D eigenvalue weighted by Crippen LogP contribution is -2.07. The van der Waals surface area contributed by atoms with Gasteiger partial charge in [0.05, 0.1) is 18.0 Å². The number of nitro groups is 1. The molecule has 0 atom stereocenters. The third kappa shape index (κ3) is 3.28. The first kappa shape index (κ1) is 12.6. The summed E-state index contributed by atoms with van der Waals surface area (Å²) in [6.07, 6.45) is 0.000510. The second-order valence-corrected chi connectivity index (χ2v) is 3.20. The van der Waals surface area contributed by atoms with E-state index in [0.717, 1.165) is 0 Å². The Labute approximate surface area is 97.6 Å². The van der Waals surface area contributed by atoms with Crippen LogP contribution < -0.4 is 0 Å². The Balaban J connectivity index is 2.95. The molecule has 0 saturated carbocycles. The molecule has 0 aliphatic heterocycles. The number of esters is 1. The lowest BCUT2D eigenvalue weighted by atomic mass is 10.1. The summed E-state index contributed by atoms with van der Waals surface area (Å²) >= 11 is 0. The molecule has 0 N–H and O–H groups in total. The Morgan fingerprint density at radius 3 is 2.82 bits per heavy atom. The fourth-order valence-electron chi connectivity index (χ4n) is 1.32. The number of nitro benzene ring substituents is 1. The van der Waals surface area contributed by atoms with Crippen molar-refractivity contribution in [2.45, 2.75) is 13.3 Å². The average molecular weight is 234 g/mol. The van der Waals surface area contributed by atoms with E-state index in [4.69, 9.17) is 10.00 Å². The minimum atomic E-state index is -0.632. The molecule has 0 fully saturated rings. The predicted molar refractivity (Wildman–Crippen MR) is 58.1 cm³/mol. The van der Waals surface area contributed by atoms with Crippen molar-refractivity contribution in [3.63, 3.8) is 0 Å². The summed E-state index contributed by atoms with van der Waals surface area (Å²) in [6, 6.07) is 5.71. The van der Waals surface area contributed by atoms with E-state index in [0.29, 0.717) is 5.56 Å². The van der Waals surface area contributed by atoms with Gasteiger partial charge in [0.2, 0.25) is 0 Å². The number of hydrogen-bond donors (Lipinski definition) is 0. The van der Waals surface area contributed by atoms with E-state index in [1.807, 2.05) is 0 Å². The van der Waals surface area contributed by atoms with Gasteiger partial charge in [-0.1, -0.05) is 6.07 Å². The quantitative estimate of drug-likeness (QED) is 0.447. The van der Waals surface area contributed by atoms with Gasteiger partial charge in [-0.2, -0.15) is 5.26 Å². The number of ether oxygens (including phenoxy) is 1. The van der Waals surface area contributed by atoms with Gasteiger partial charge in [0.1, 0.15) is 11.6 Å². The monoisotopic (exact) mass is 234 g/mol. The van der Waals surface area contributed by atoms with Crippen molar-refractivity contribution < 1.29 is 14.5 Å². The summed E-state index contributed by atoms with van der Waals surface area (Å²) in [7, 11) is 0. The van der Waals surface area contributed by atoms with E-state index in [1.54, 1.807) is 13.0 Å². The molecule has 0 spiro atoms. The molecule has 0 amide bonds. The molecular formula is C11H10N2O4. The molecule has 6 nitrogen and oxygen atoms in total. The highest BCUT2D eigenvalue weighted by atomic mass is 16.6. The molecule has 1 aromatic carbocycles. The Kier molecular flexibility index (Phi) is 4.17. The minimum absolute atomic E-state index is 0.000510. The van der Waals surface area contributed by atoms with Crippen LogP contribution in [0.15, 0.2) is 18.2 Å². The van der Waals surface area contributed by atoms with Crippen LogP contribution >= 0.6 is 0 Å².